The first kappa shape index (κ1) is 14.8. The molecule has 0 saturated carbocycles. The number of carbonyl (C=O) groups excluding carboxylic acids is 1. The van der Waals surface area contributed by atoms with E-state index in [4.69, 9.17) is 5.11 Å². The average Bonchev–Trinajstić information content (AvgIpc) is 2.91. The third kappa shape index (κ3) is 4.19. The minimum absolute atomic E-state index is 0.0277. The van der Waals surface area contributed by atoms with Gasteiger partial charge in [-0.15, -0.1) is 11.3 Å². The number of urea groups is 1. The number of amides is 2. The monoisotopic (exact) mass is 297 g/mol. The fourth-order valence-electron chi connectivity index (χ4n) is 2.44. The molecule has 1 unspecified atom stereocenters. The molecule has 0 spiro atoms. The van der Waals surface area contributed by atoms with Gasteiger partial charge in [-0.1, -0.05) is 0 Å². The lowest BCUT2D eigenvalue weighted by molar-refractivity contribution is -0.138. The number of carboxylic acid groups (broad SMARTS) is 1. The van der Waals surface area contributed by atoms with Gasteiger partial charge < -0.3 is 15.3 Å². The number of hydrogen-bond acceptors (Lipinski definition) is 4. The van der Waals surface area contributed by atoms with Gasteiger partial charge in [0.2, 0.25) is 0 Å². The number of thiazole rings is 1. The molecule has 7 heteroatoms. The first-order chi connectivity index (χ1) is 9.66. The van der Waals surface area contributed by atoms with Gasteiger partial charge >= 0.3 is 12.0 Å². The lowest BCUT2D eigenvalue weighted by atomic mass is 10.00. The minimum Gasteiger partial charge on any atom is -0.481 e. The highest BCUT2D eigenvalue weighted by Gasteiger charge is 2.28. The van der Waals surface area contributed by atoms with Crippen molar-refractivity contribution in [3.8, 4) is 0 Å². The van der Waals surface area contributed by atoms with Gasteiger partial charge in [0.15, 0.2) is 0 Å². The van der Waals surface area contributed by atoms with Crippen LogP contribution in [0.15, 0.2) is 11.6 Å². The van der Waals surface area contributed by atoms with Crippen LogP contribution in [0.5, 0.6) is 0 Å². The highest BCUT2D eigenvalue weighted by Crippen LogP contribution is 2.19. The van der Waals surface area contributed by atoms with Crippen LogP contribution in [0.1, 0.15) is 30.7 Å². The van der Waals surface area contributed by atoms with E-state index >= 15 is 0 Å². The second-order valence-electron chi connectivity index (χ2n) is 4.85. The second-order valence-corrected chi connectivity index (χ2v) is 5.83. The Kier molecular flexibility index (Phi) is 5.34. The Morgan fingerprint density at radius 2 is 2.35 bits per heavy atom. The number of nitrogens with zero attached hydrogens (tertiary/aromatic N) is 2. The Morgan fingerprint density at radius 3 is 3.05 bits per heavy atom. The SMILES string of the molecule is O=C(O)CC1CCCCN1C(=O)NCCc1nccs1. The molecule has 1 saturated heterocycles. The number of carbonyl (C=O) groups is 2. The van der Waals surface area contributed by atoms with Crippen molar-refractivity contribution in [3.63, 3.8) is 0 Å². The average molecular weight is 297 g/mol. The normalized spacial score (nSPS) is 18.8. The maximum absolute atomic E-state index is 12.1. The van der Waals surface area contributed by atoms with Crippen LogP contribution >= 0.6 is 11.3 Å². The van der Waals surface area contributed by atoms with Gasteiger partial charge in [-0.25, -0.2) is 9.78 Å². The molecule has 1 aliphatic rings. The van der Waals surface area contributed by atoms with Gasteiger partial charge in [0, 0.05) is 37.1 Å². The predicted molar refractivity (Wildman–Crippen MR) is 75.8 cm³/mol. The molecule has 1 aliphatic heterocycles. The Hall–Kier alpha value is -1.63. The number of hydrogen-bond donors (Lipinski definition) is 2. The quantitative estimate of drug-likeness (QED) is 0.867. The molecule has 2 rings (SSSR count). The van der Waals surface area contributed by atoms with Crippen molar-refractivity contribution in [2.45, 2.75) is 38.1 Å². The molecule has 2 heterocycles. The topological polar surface area (TPSA) is 82.5 Å². The van der Waals surface area contributed by atoms with Crippen LogP contribution in [0.25, 0.3) is 0 Å². The molecule has 1 fully saturated rings. The van der Waals surface area contributed by atoms with E-state index in [1.54, 1.807) is 22.4 Å². The highest BCUT2D eigenvalue weighted by atomic mass is 32.1. The van der Waals surface area contributed by atoms with Gasteiger partial charge in [0.1, 0.15) is 0 Å². The van der Waals surface area contributed by atoms with Gasteiger partial charge in [0.25, 0.3) is 0 Å². The van der Waals surface area contributed by atoms with Gasteiger partial charge in [0.05, 0.1) is 11.4 Å². The third-order valence-electron chi connectivity index (χ3n) is 3.40. The number of aromatic nitrogens is 1. The minimum atomic E-state index is -0.850. The van der Waals surface area contributed by atoms with Gasteiger partial charge in [-0.05, 0) is 19.3 Å². The van der Waals surface area contributed by atoms with Crippen LogP contribution in [-0.2, 0) is 11.2 Å². The Balaban J connectivity index is 1.81. The van der Waals surface area contributed by atoms with E-state index in [9.17, 15) is 9.59 Å². The summed E-state index contributed by atoms with van der Waals surface area (Å²) in [5, 5.41) is 14.7. The molecule has 1 aromatic rings. The molecule has 0 radical (unpaired) electrons. The maximum atomic E-state index is 12.1. The van der Waals surface area contributed by atoms with Gasteiger partial charge in [-0.3, -0.25) is 4.79 Å². The summed E-state index contributed by atoms with van der Waals surface area (Å²) in [7, 11) is 0. The third-order valence-corrected chi connectivity index (χ3v) is 4.24. The summed E-state index contributed by atoms with van der Waals surface area (Å²) in [5.74, 6) is -0.850. The van der Waals surface area contributed by atoms with Crippen molar-refractivity contribution in [1.82, 2.24) is 15.2 Å². The molecule has 20 heavy (non-hydrogen) atoms. The number of piperidine rings is 1. The molecule has 0 aromatic carbocycles. The van der Waals surface area contributed by atoms with E-state index in [-0.39, 0.29) is 18.5 Å². The highest BCUT2D eigenvalue weighted by molar-refractivity contribution is 7.09. The van der Waals surface area contributed by atoms with E-state index < -0.39 is 5.97 Å². The first-order valence-corrected chi connectivity index (χ1v) is 7.69. The molecule has 2 N–H and O–H groups in total. The van der Waals surface area contributed by atoms with Crippen LogP contribution in [-0.4, -0.2) is 46.1 Å². The van der Waals surface area contributed by atoms with Crippen molar-refractivity contribution in [2.75, 3.05) is 13.1 Å². The van der Waals surface area contributed by atoms with Crippen molar-refractivity contribution in [1.29, 1.82) is 0 Å². The number of carboxylic acids is 1. The summed E-state index contributed by atoms with van der Waals surface area (Å²) in [6.07, 6.45) is 5.18. The fourth-order valence-corrected chi connectivity index (χ4v) is 3.06. The van der Waals surface area contributed by atoms with E-state index in [1.165, 1.54) is 0 Å². The van der Waals surface area contributed by atoms with Crippen molar-refractivity contribution >= 4 is 23.3 Å². The summed E-state index contributed by atoms with van der Waals surface area (Å²) in [6, 6.07) is -0.339. The zero-order valence-corrected chi connectivity index (χ0v) is 12.1. The number of likely N-dealkylation sites (tertiary alicyclic amines) is 1. The standard InChI is InChI=1S/C13H19N3O3S/c17-12(18)9-10-3-1-2-7-16(10)13(19)15-5-4-11-14-6-8-20-11/h6,8,10H,1-5,7,9H2,(H,15,19)(H,17,18). The number of rotatable bonds is 5. The summed E-state index contributed by atoms with van der Waals surface area (Å²) >= 11 is 1.57. The summed E-state index contributed by atoms with van der Waals surface area (Å²) in [5.41, 5.74) is 0. The lowest BCUT2D eigenvalue weighted by Crippen LogP contribution is -2.49. The predicted octanol–water partition coefficient (Wildman–Crippen LogP) is 1.72. The smallest absolute Gasteiger partial charge is 0.317 e. The van der Waals surface area contributed by atoms with Gasteiger partial charge in [-0.2, -0.15) is 0 Å². The fraction of sp³-hybridized carbons (Fsp3) is 0.615. The molecule has 1 aromatic heterocycles. The number of nitrogens with one attached hydrogen (secondary N) is 1. The molecular formula is C13H19N3O3S. The van der Waals surface area contributed by atoms with Crippen LogP contribution in [0.2, 0.25) is 0 Å². The lowest BCUT2D eigenvalue weighted by Gasteiger charge is -2.34. The molecule has 110 valence electrons. The van der Waals surface area contributed by atoms with Crippen LogP contribution < -0.4 is 5.32 Å². The molecule has 6 nitrogen and oxygen atoms in total. The van der Waals surface area contributed by atoms with E-state index in [0.29, 0.717) is 19.5 Å². The molecule has 1 atom stereocenters. The van der Waals surface area contributed by atoms with Crippen LogP contribution in [0.4, 0.5) is 4.79 Å². The van der Waals surface area contributed by atoms with Crippen LogP contribution in [0.3, 0.4) is 0 Å². The largest absolute Gasteiger partial charge is 0.481 e. The molecule has 0 aliphatic carbocycles. The Morgan fingerprint density at radius 1 is 1.50 bits per heavy atom. The Bertz CT molecular complexity index is 450. The second kappa shape index (κ2) is 7.23. The van der Waals surface area contributed by atoms with E-state index in [1.807, 2.05) is 5.38 Å². The summed E-state index contributed by atoms with van der Waals surface area (Å²) in [4.78, 5) is 28.8. The van der Waals surface area contributed by atoms with Crippen LogP contribution in [0, 0.1) is 0 Å². The van der Waals surface area contributed by atoms with Crippen molar-refractivity contribution in [3.05, 3.63) is 16.6 Å². The first-order valence-electron chi connectivity index (χ1n) is 6.81. The molecule has 2 amide bonds. The van der Waals surface area contributed by atoms with E-state index in [2.05, 4.69) is 10.3 Å². The Labute approximate surface area is 121 Å². The summed E-state index contributed by atoms with van der Waals surface area (Å²) < 4.78 is 0. The summed E-state index contributed by atoms with van der Waals surface area (Å²) in [6.45, 7) is 1.17. The van der Waals surface area contributed by atoms with Crippen molar-refractivity contribution < 1.29 is 14.7 Å². The molecule has 0 bridgehead atoms. The number of aliphatic carboxylic acids is 1. The van der Waals surface area contributed by atoms with Crippen molar-refractivity contribution in [2.24, 2.45) is 0 Å². The van der Waals surface area contributed by atoms with E-state index in [0.717, 1.165) is 24.3 Å². The zero-order valence-electron chi connectivity index (χ0n) is 11.2. The zero-order chi connectivity index (χ0) is 14.4. The molecular weight excluding hydrogens is 278 g/mol. The maximum Gasteiger partial charge on any atom is 0.317 e.